The van der Waals surface area contributed by atoms with E-state index >= 15 is 0 Å². The van der Waals surface area contributed by atoms with Crippen LogP contribution in [0.4, 0.5) is 0 Å². The van der Waals surface area contributed by atoms with Crippen molar-refractivity contribution in [1.82, 2.24) is 0 Å². The number of aliphatic hydroxyl groups is 1. The number of para-hydroxylation sites is 1. The van der Waals surface area contributed by atoms with Gasteiger partial charge in [-0.05, 0) is 47.7 Å². The Bertz CT molecular complexity index is 640. The lowest BCUT2D eigenvalue weighted by Crippen LogP contribution is -2.22. The first-order chi connectivity index (χ1) is 10.3. The van der Waals surface area contributed by atoms with Crippen LogP contribution in [0.25, 0.3) is 0 Å². The van der Waals surface area contributed by atoms with Crippen LogP contribution in [0, 0.1) is 0 Å². The third kappa shape index (κ3) is 2.38. The number of fused-ring (bicyclic) bond motifs is 2. The van der Waals surface area contributed by atoms with Crippen molar-refractivity contribution in [3.05, 3.63) is 59.2 Å². The van der Waals surface area contributed by atoms with Crippen molar-refractivity contribution in [1.29, 1.82) is 0 Å². The SMILES string of the molecule is O[C@H]1CCc2cc(OCC3Cc4ccccc4O3)ccc21. The van der Waals surface area contributed by atoms with Gasteiger partial charge < -0.3 is 14.6 Å². The Morgan fingerprint density at radius 1 is 1.14 bits per heavy atom. The fourth-order valence-electron chi connectivity index (χ4n) is 3.20. The summed E-state index contributed by atoms with van der Waals surface area (Å²) in [5.41, 5.74) is 3.51. The zero-order chi connectivity index (χ0) is 14.2. The quantitative estimate of drug-likeness (QED) is 0.940. The second-order valence-electron chi connectivity index (χ2n) is 5.78. The molecule has 1 aliphatic heterocycles. The highest BCUT2D eigenvalue weighted by Gasteiger charge is 2.24. The second kappa shape index (κ2) is 5.08. The van der Waals surface area contributed by atoms with Gasteiger partial charge in [-0.2, -0.15) is 0 Å². The first-order valence-corrected chi connectivity index (χ1v) is 7.48. The lowest BCUT2D eigenvalue weighted by atomic mass is 10.1. The van der Waals surface area contributed by atoms with E-state index in [1.807, 2.05) is 36.4 Å². The molecule has 0 amide bonds. The van der Waals surface area contributed by atoms with E-state index < -0.39 is 0 Å². The molecule has 1 N–H and O–H groups in total. The van der Waals surface area contributed by atoms with Crippen LogP contribution in [-0.4, -0.2) is 17.8 Å². The number of hydrogen-bond donors (Lipinski definition) is 1. The zero-order valence-electron chi connectivity index (χ0n) is 11.8. The third-order valence-electron chi connectivity index (χ3n) is 4.31. The normalized spacial score (nSPS) is 22.5. The molecule has 4 rings (SSSR count). The molecule has 108 valence electrons. The topological polar surface area (TPSA) is 38.7 Å². The molecule has 1 aliphatic carbocycles. The Kier molecular flexibility index (Phi) is 3.08. The van der Waals surface area contributed by atoms with Gasteiger partial charge in [-0.15, -0.1) is 0 Å². The van der Waals surface area contributed by atoms with Gasteiger partial charge in [0.2, 0.25) is 0 Å². The maximum Gasteiger partial charge on any atom is 0.137 e. The molecule has 3 nitrogen and oxygen atoms in total. The fourth-order valence-corrected chi connectivity index (χ4v) is 3.20. The van der Waals surface area contributed by atoms with E-state index in [-0.39, 0.29) is 12.2 Å². The van der Waals surface area contributed by atoms with E-state index in [1.165, 1.54) is 11.1 Å². The summed E-state index contributed by atoms with van der Waals surface area (Å²) in [7, 11) is 0. The van der Waals surface area contributed by atoms with Crippen LogP contribution in [-0.2, 0) is 12.8 Å². The number of rotatable bonds is 3. The molecule has 0 saturated heterocycles. The predicted octanol–water partition coefficient (Wildman–Crippen LogP) is 3.05. The molecular weight excluding hydrogens is 264 g/mol. The molecule has 0 spiro atoms. The van der Waals surface area contributed by atoms with Gasteiger partial charge in [-0.1, -0.05) is 24.3 Å². The van der Waals surface area contributed by atoms with Gasteiger partial charge in [-0.3, -0.25) is 0 Å². The minimum atomic E-state index is -0.304. The van der Waals surface area contributed by atoms with Crippen LogP contribution in [0.15, 0.2) is 42.5 Å². The number of aryl methyl sites for hydroxylation is 1. The van der Waals surface area contributed by atoms with E-state index in [0.717, 1.165) is 36.3 Å². The third-order valence-corrected chi connectivity index (χ3v) is 4.31. The van der Waals surface area contributed by atoms with Crippen LogP contribution in [0.2, 0.25) is 0 Å². The molecule has 0 saturated carbocycles. The Hall–Kier alpha value is -2.00. The first-order valence-electron chi connectivity index (χ1n) is 7.48. The van der Waals surface area contributed by atoms with Gasteiger partial charge in [0.15, 0.2) is 0 Å². The summed E-state index contributed by atoms with van der Waals surface area (Å²) >= 11 is 0. The largest absolute Gasteiger partial charge is 0.490 e. The van der Waals surface area contributed by atoms with Crippen molar-refractivity contribution in [3.63, 3.8) is 0 Å². The molecule has 0 radical (unpaired) electrons. The summed E-state index contributed by atoms with van der Waals surface area (Å²) in [5, 5.41) is 9.81. The van der Waals surface area contributed by atoms with Gasteiger partial charge >= 0.3 is 0 Å². The fraction of sp³-hybridized carbons (Fsp3) is 0.333. The highest BCUT2D eigenvalue weighted by atomic mass is 16.5. The predicted molar refractivity (Wildman–Crippen MR) is 79.8 cm³/mol. The molecule has 0 fully saturated rings. The lowest BCUT2D eigenvalue weighted by Gasteiger charge is -2.13. The van der Waals surface area contributed by atoms with Crippen molar-refractivity contribution in [2.45, 2.75) is 31.5 Å². The number of ether oxygens (including phenoxy) is 2. The molecule has 21 heavy (non-hydrogen) atoms. The lowest BCUT2D eigenvalue weighted by molar-refractivity contribution is 0.148. The number of hydrogen-bond acceptors (Lipinski definition) is 3. The summed E-state index contributed by atoms with van der Waals surface area (Å²) in [5.74, 6) is 1.84. The molecule has 0 bridgehead atoms. The Morgan fingerprint density at radius 3 is 2.95 bits per heavy atom. The minimum absolute atomic E-state index is 0.0845. The van der Waals surface area contributed by atoms with Crippen molar-refractivity contribution in [2.24, 2.45) is 0 Å². The van der Waals surface area contributed by atoms with Crippen molar-refractivity contribution < 1.29 is 14.6 Å². The van der Waals surface area contributed by atoms with Crippen LogP contribution in [0.3, 0.4) is 0 Å². The Morgan fingerprint density at radius 2 is 2.05 bits per heavy atom. The summed E-state index contributed by atoms with van der Waals surface area (Å²) in [6, 6.07) is 14.1. The second-order valence-corrected chi connectivity index (χ2v) is 5.78. The smallest absolute Gasteiger partial charge is 0.137 e. The molecule has 2 aromatic rings. The molecule has 1 unspecified atom stereocenters. The molecule has 2 atom stereocenters. The Labute approximate surface area is 124 Å². The Balaban J connectivity index is 1.40. The van der Waals surface area contributed by atoms with E-state index in [9.17, 15) is 5.11 Å². The van der Waals surface area contributed by atoms with Crippen LogP contribution in [0.1, 0.15) is 29.2 Å². The highest BCUT2D eigenvalue weighted by Crippen LogP contribution is 2.33. The van der Waals surface area contributed by atoms with Crippen LogP contribution < -0.4 is 9.47 Å². The highest BCUT2D eigenvalue weighted by molar-refractivity contribution is 5.40. The number of aliphatic hydroxyl groups excluding tert-OH is 1. The first kappa shape index (κ1) is 12.7. The maximum atomic E-state index is 9.81. The molecule has 1 heterocycles. The maximum absolute atomic E-state index is 9.81. The zero-order valence-corrected chi connectivity index (χ0v) is 11.8. The standard InChI is InChI=1S/C18H18O3/c19-17-8-5-12-9-14(6-7-16(12)17)20-11-15-10-13-3-1-2-4-18(13)21-15/h1-4,6-7,9,15,17,19H,5,8,10-11H2/t15?,17-/m0/s1. The van der Waals surface area contributed by atoms with Gasteiger partial charge in [0.1, 0.15) is 24.2 Å². The summed E-state index contributed by atoms with van der Waals surface area (Å²) < 4.78 is 11.7. The van der Waals surface area contributed by atoms with Gasteiger partial charge in [0, 0.05) is 6.42 Å². The van der Waals surface area contributed by atoms with Crippen LogP contribution >= 0.6 is 0 Å². The monoisotopic (exact) mass is 282 g/mol. The van der Waals surface area contributed by atoms with E-state index in [2.05, 4.69) is 6.07 Å². The van der Waals surface area contributed by atoms with Gasteiger partial charge in [0.05, 0.1) is 6.10 Å². The van der Waals surface area contributed by atoms with Crippen molar-refractivity contribution in [2.75, 3.05) is 6.61 Å². The summed E-state index contributed by atoms with van der Waals surface area (Å²) in [6.07, 6.45) is 2.43. The van der Waals surface area contributed by atoms with Crippen LogP contribution in [0.5, 0.6) is 11.5 Å². The number of benzene rings is 2. The van der Waals surface area contributed by atoms with Crippen molar-refractivity contribution >= 4 is 0 Å². The summed E-state index contributed by atoms with van der Waals surface area (Å²) in [6.45, 7) is 0.552. The molecule has 2 aromatic carbocycles. The average Bonchev–Trinajstić information content (AvgIpc) is 3.08. The molecule has 0 aromatic heterocycles. The van der Waals surface area contributed by atoms with Gasteiger partial charge in [0.25, 0.3) is 0 Å². The van der Waals surface area contributed by atoms with Crippen molar-refractivity contribution in [3.8, 4) is 11.5 Å². The van der Waals surface area contributed by atoms with Gasteiger partial charge in [-0.25, -0.2) is 0 Å². The molecule has 2 aliphatic rings. The van der Waals surface area contributed by atoms with E-state index in [1.54, 1.807) is 0 Å². The molecular formula is C18H18O3. The van der Waals surface area contributed by atoms with E-state index in [0.29, 0.717) is 6.61 Å². The molecule has 3 heteroatoms. The average molecular weight is 282 g/mol. The minimum Gasteiger partial charge on any atom is -0.490 e. The van der Waals surface area contributed by atoms with E-state index in [4.69, 9.17) is 9.47 Å². The summed E-state index contributed by atoms with van der Waals surface area (Å²) in [4.78, 5) is 0.